The molecule has 3 heteroatoms. The smallest absolute Gasteiger partial charge is 0.0134 e. The van der Waals surface area contributed by atoms with Crippen molar-refractivity contribution in [3.8, 4) is 0 Å². The summed E-state index contributed by atoms with van der Waals surface area (Å²) in [6.07, 6.45) is 0. The van der Waals surface area contributed by atoms with E-state index in [1.54, 1.807) is 17.9 Å². The number of rotatable bonds is 3. The third kappa shape index (κ3) is 4.65. The molecule has 3 aromatic carbocycles. The number of hydrogen-bond acceptors (Lipinski definition) is 1. The Bertz CT molecular complexity index is 614. The second kappa shape index (κ2) is 9.34. The fourth-order valence-electron chi connectivity index (χ4n) is 2.18. The summed E-state index contributed by atoms with van der Waals surface area (Å²) in [7, 11) is -0.446. The van der Waals surface area contributed by atoms with E-state index in [0.29, 0.717) is 0 Å². The molecule has 0 saturated carbocycles. The second-order valence-corrected chi connectivity index (χ2v) is 6.99. The van der Waals surface area contributed by atoms with Gasteiger partial charge in [-0.25, -0.2) is 0 Å². The zero-order chi connectivity index (χ0) is 15.6. The molecule has 0 spiro atoms. The molecule has 0 atom stereocenters. The van der Waals surface area contributed by atoms with E-state index in [0.717, 1.165) is 0 Å². The van der Waals surface area contributed by atoms with Gasteiger partial charge in [-0.3, -0.25) is 0 Å². The SMILES string of the molecule is O=[C]=[Ru].c1ccc(P(c2ccccc2)c2ccccc2)cc1. The van der Waals surface area contributed by atoms with Crippen LogP contribution in [0.2, 0.25) is 0 Å². The minimum Gasteiger partial charge on any atom is -0.0622 e. The first-order chi connectivity index (χ1) is 10.9. The van der Waals surface area contributed by atoms with Gasteiger partial charge in [0.25, 0.3) is 0 Å². The Morgan fingerprint density at radius 1 is 0.591 bits per heavy atom. The summed E-state index contributed by atoms with van der Waals surface area (Å²) >= 11 is 1.70. The topological polar surface area (TPSA) is 17.1 Å². The maximum absolute atomic E-state index is 8.65. The summed E-state index contributed by atoms with van der Waals surface area (Å²) in [6.45, 7) is 0. The van der Waals surface area contributed by atoms with Crippen molar-refractivity contribution in [3.05, 3.63) is 91.0 Å². The summed E-state index contributed by atoms with van der Waals surface area (Å²) in [5, 5.41) is 4.19. The average Bonchev–Trinajstić information content (AvgIpc) is 2.59. The molecule has 3 rings (SSSR count). The first-order valence-corrected chi connectivity index (χ1v) is 8.99. The molecule has 0 N–H and O–H groups in total. The molecule has 0 unspecified atom stereocenters. The number of carbonyl (C=O) groups excluding carboxylic acids is 1. The van der Waals surface area contributed by atoms with Gasteiger partial charge in [-0.05, 0) is 23.8 Å². The predicted octanol–water partition coefficient (Wildman–Crippen LogP) is 3.05. The largest absolute Gasteiger partial charge is 0.0622 e. The first kappa shape index (κ1) is 16.7. The van der Waals surface area contributed by atoms with Crippen LogP contribution in [-0.4, -0.2) is 4.47 Å². The minimum atomic E-state index is -0.446. The van der Waals surface area contributed by atoms with E-state index in [-0.39, 0.29) is 0 Å². The maximum atomic E-state index is 8.65. The van der Waals surface area contributed by atoms with Gasteiger partial charge < -0.3 is 0 Å². The number of benzene rings is 3. The van der Waals surface area contributed by atoms with Crippen molar-refractivity contribution in [2.24, 2.45) is 0 Å². The molecule has 0 saturated heterocycles. The van der Waals surface area contributed by atoms with E-state index in [2.05, 4.69) is 91.0 Å². The van der Waals surface area contributed by atoms with Crippen LogP contribution in [0.25, 0.3) is 0 Å². The fourth-order valence-corrected chi connectivity index (χ4v) is 4.48. The Morgan fingerprint density at radius 3 is 1.05 bits per heavy atom. The molecular formula is C19H15OPRu. The van der Waals surface area contributed by atoms with Crippen LogP contribution in [0.4, 0.5) is 0 Å². The molecule has 3 aromatic rings. The van der Waals surface area contributed by atoms with Crippen LogP contribution in [0.1, 0.15) is 0 Å². The van der Waals surface area contributed by atoms with Gasteiger partial charge in [0.1, 0.15) is 0 Å². The molecule has 0 radical (unpaired) electrons. The average molecular weight is 391 g/mol. The first-order valence-electron chi connectivity index (χ1n) is 6.78. The van der Waals surface area contributed by atoms with E-state index in [1.165, 1.54) is 20.4 Å². The molecule has 110 valence electrons. The summed E-state index contributed by atoms with van der Waals surface area (Å²) in [4.78, 5) is 8.65. The van der Waals surface area contributed by atoms with E-state index in [1.807, 2.05) is 0 Å². The molecule has 0 heterocycles. The van der Waals surface area contributed by atoms with Gasteiger partial charge in [-0.2, -0.15) is 0 Å². The Balaban J connectivity index is 0.000000545. The van der Waals surface area contributed by atoms with Crippen molar-refractivity contribution in [2.45, 2.75) is 0 Å². The summed E-state index contributed by atoms with van der Waals surface area (Å²) < 4.78 is 1.43. The van der Waals surface area contributed by atoms with E-state index in [9.17, 15) is 0 Å². The van der Waals surface area contributed by atoms with E-state index in [4.69, 9.17) is 4.79 Å². The minimum absolute atomic E-state index is 0.446. The van der Waals surface area contributed by atoms with Gasteiger partial charge >= 0.3 is 27.1 Å². The Labute approximate surface area is 142 Å². The predicted molar refractivity (Wildman–Crippen MR) is 90.8 cm³/mol. The van der Waals surface area contributed by atoms with Crippen molar-refractivity contribution >= 4 is 28.3 Å². The molecule has 0 aliphatic rings. The van der Waals surface area contributed by atoms with Crippen LogP contribution in [0.5, 0.6) is 0 Å². The molecule has 0 aliphatic carbocycles. The molecule has 22 heavy (non-hydrogen) atoms. The molecule has 0 aromatic heterocycles. The Morgan fingerprint density at radius 2 is 0.818 bits per heavy atom. The molecule has 0 aliphatic heterocycles. The Kier molecular flexibility index (Phi) is 7.07. The summed E-state index contributed by atoms with van der Waals surface area (Å²) in [5.41, 5.74) is 0. The molecule has 0 amide bonds. The van der Waals surface area contributed by atoms with Gasteiger partial charge in [0.2, 0.25) is 0 Å². The zero-order valence-corrected chi connectivity index (χ0v) is 14.5. The summed E-state index contributed by atoms with van der Waals surface area (Å²) in [6, 6.07) is 32.3. The standard InChI is InChI=1S/C18H15P.CO.Ru/c1-4-10-16(11-5-1)19(17-12-6-2-7-13-17)18-14-8-3-9-15-18;1-2;/h1-15H;;. The number of hydrogen-bond donors (Lipinski definition) is 0. The van der Waals surface area contributed by atoms with Crippen LogP contribution in [-0.2, 0) is 22.6 Å². The third-order valence-corrected chi connectivity index (χ3v) is 5.49. The second-order valence-electron chi connectivity index (χ2n) is 4.41. The monoisotopic (exact) mass is 392 g/mol. The third-order valence-electron chi connectivity index (χ3n) is 3.04. The van der Waals surface area contributed by atoms with Gasteiger partial charge in [-0.1, -0.05) is 91.0 Å². The van der Waals surface area contributed by atoms with Crippen LogP contribution in [0.15, 0.2) is 91.0 Å². The van der Waals surface area contributed by atoms with Crippen molar-refractivity contribution in [3.63, 3.8) is 0 Å². The molecule has 0 fully saturated rings. The van der Waals surface area contributed by atoms with Crippen LogP contribution >= 0.6 is 7.92 Å². The van der Waals surface area contributed by atoms with Gasteiger partial charge in [-0.15, -0.1) is 0 Å². The normalized spacial score (nSPS) is 9.55. The quantitative estimate of drug-likeness (QED) is 0.496. The Hall–Kier alpha value is -1.71. The van der Waals surface area contributed by atoms with Crippen LogP contribution < -0.4 is 15.9 Å². The van der Waals surface area contributed by atoms with Crippen molar-refractivity contribution in [1.82, 2.24) is 0 Å². The van der Waals surface area contributed by atoms with Crippen molar-refractivity contribution in [2.75, 3.05) is 0 Å². The van der Waals surface area contributed by atoms with Gasteiger partial charge in [0, 0.05) is 0 Å². The van der Waals surface area contributed by atoms with Crippen molar-refractivity contribution < 1.29 is 22.6 Å². The maximum Gasteiger partial charge on any atom is -0.0134 e. The molecule has 0 bridgehead atoms. The zero-order valence-electron chi connectivity index (χ0n) is 11.9. The van der Waals surface area contributed by atoms with Gasteiger partial charge in [0.15, 0.2) is 0 Å². The molecule has 1 nitrogen and oxygen atoms in total. The fraction of sp³-hybridized carbons (Fsp3) is 0. The molecular weight excluding hydrogens is 376 g/mol. The summed E-state index contributed by atoms with van der Waals surface area (Å²) in [5.74, 6) is 0. The van der Waals surface area contributed by atoms with E-state index >= 15 is 0 Å². The van der Waals surface area contributed by atoms with Gasteiger partial charge in [0.05, 0.1) is 0 Å². The van der Waals surface area contributed by atoms with E-state index < -0.39 is 7.92 Å². The van der Waals surface area contributed by atoms with Crippen LogP contribution in [0, 0.1) is 0 Å². The van der Waals surface area contributed by atoms with Crippen molar-refractivity contribution in [1.29, 1.82) is 0 Å². The van der Waals surface area contributed by atoms with Crippen LogP contribution in [0.3, 0.4) is 0 Å².